The van der Waals surface area contributed by atoms with Crippen molar-refractivity contribution in [3.05, 3.63) is 23.5 Å². The average Bonchev–Trinajstić information content (AvgIpc) is 3.38. The van der Waals surface area contributed by atoms with Gasteiger partial charge >= 0.3 is 13.8 Å². The molecule has 0 bridgehead atoms. The molecule has 16 heteroatoms. The van der Waals surface area contributed by atoms with Gasteiger partial charge in [0.15, 0.2) is 18.1 Å². The van der Waals surface area contributed by atoms with Crippen LogP contribution in [0.25, 0.3) is 5.70 Å². The summed E-state index contributed by atoms with van der Waals surface area (Å²) in [6.07, 6.45) is 6.94. The molecule has 0 saturated carbocycles. The van der Waals surface area contributed by atoms with E-state index >= 15 is 0 Å². The predicted molar refractivity (Wildman–Crippen MR) is 159 cm³/mol. The van der Waals surface area contributed by atoms with Crippen molar-refractivity contribution in [1.82, 2.24) is 9.55 Å². The van der Waals surface area contributed by atoms with Crippen molar-refractivity contribution >= 4 is 37.3 Å². The van der Waals surface area contributed by atoms with E-state index in [4.69, 9.17) is 35.2 Å². The number of phosphoric acid groups is 1. The van der Waals surface area contributed by atoms with Crippen LogP contribution in [0.1, 0.15) is 66.3 Å². The molecule has 3 N–H and O–H groups in total. The summed E-state index contributed by atoms with van der Waals surface area (Å²) in [6, 6.07) is -1.52. The molecule has 1 aromatic heterocycles. The summed E-state index contributed by atoms with van der Waals surface area (Å²) in [5.74, 6) is 0.811. The zero-order valence-corrected chi connectivity index (χ0v) is 26.3. The number of nitrogens with zero attached hydrogens (tertiary/aromatic N) is 4. The number of terminal acetylenes is 1. The second-order valence-corrected chi connectivity index (χ2v) is 11.5. The maximum atomic E-state index is 13.6. The Morgan fingerprint density at radius 3 is 2.44 bits per heavy atom. The van der Waals surface area contributed by atoms with Crippen molar-refractivity contribution in [2.45, 2.75) is 72.3 Å². The Kier molecular flexibility index (Phi) is 15.6. The lowest BCUT2D eigenvalue weighted by atomic mass is 9.92. The zero-order chi connectivity index (χ0) is 32.8. The van der Waals surface area contributed by atoms with Crippen LogP contribution in [0.2, 0.25) is 0 Å². The van der Waals surface area contributed by atoms with Crippen LogP contribution >= 0.6 is 7.82 Å². The summed E-state index contributed by atoms with van der Waals surface area (Å²) in [5, 5.41) is 13.3. The van der Waals surface area contributed by atoms with E-state index in [-0.39, 0.29) is 48.4 Å². The minimum atomic E-state index is -4.57. The van der Waals surface area contributed by atoms with Gasteiger partial charge in [0, 0.05) is 18.6 Å². The number of carbonyl (C=O) groups is 2. The Balaban J connectivity index is 3.43. The maximum Gasteiger partial charge on any atom is 0.477 e. The molecular formula is C27H42N5O10P. The fraction of sp³-hybridized carbons (Fsp3) is 0.630. The van der Waals surface area contributed by atoms with Gasteiger partial charge in [0.25, 0.3) is 0 Å². The molecule has 0 radical (unpaired) electrons. The van der Waals surface area contributed by atoms with E-state index in [1.807, 2.05) is 0 Å². The predicted octanol–water partition coefficient (Wildman–Crippen LogP) is 3.89. The third-order valence-electron chi connectivity index (χ3n) is 6.11. The van der Waals surface area contributed by atoms with E-state index in [0.29, 0.717) is 0 Å². The van der Waals surface area contributed by atoms with Crippen LogP contribution in [0.3, 0.4) is 0 Å². The van der Waals surface area contributed by atoms with Gasteiger partial charge in [0.05, 0.1) is 37.8 Å². The first-order valence-corrected chi connectivity index (χ1v) is 15.0. The van der Waals surface area contributed by atoms with Crippen LogP contribution in [-0.2, 0) is 37.2 Å². The number of aliphatic imine (C=N–C) groups is 1. The molecule has 0 aromatic carbocycles. The minimum Gasteiger partial charge on any atom is -0.438 e. The quantitative estimate of drug-likeness (QED) is 0.0498. The SMILES string of the molecule is C#C[C@H](N=O)[C@@](CC)(COP(=O)(OCCC(=O)C(C)C)OCOC(=O)C(C)C)O[C@H](CO)n1cnc(C(=C)N)c1/N=C\C. The van der Waals surface area contributed by atoms with Gasteiger partial charge in [-0.05, 0) is 13.3 Å². The van der Waals surface area contributed by atoms with Gasteiger partial charge in [0.1, 0.15) is 17.1 Å². The molecule has 0 saturated heterocycles. The lowest BCUT2D eigenvalue weighted by Crippen LogP contribution is -2.48. The molecule has 15 nitrogen and oxygen atoms in total. The van der Waals surface area contributed by atoms with Crippen molar-refractivity contribution < 1.29 is 42.3 Å². The minimum absolute atomic E-state index is 0.0458. The van der Waals surface area contributed by atoms with Crippen LogP contribution in [0.5, 0.6) is 0 Å². The molecule has 43 heavy (non-hydrogen) atoms. The molecule has 0 aliphatic rings. The Bertz CT molecular complexity index is 1200. The number of aliphatic hydroxyl groups is 1. The molecule has 240 valence electrons. The molecule has 1 aromatic rings. The summed E-state index contributed by atoms with van der Waals surface area (Å²) in [6.45, 7) is 11.0. The van der Waals surface area contributed by atoms with E-state index < -0.39 is 57.6 Å². The van der Waals surface area contributed by atoms with Gasteiger partial charge < -0.3 is 20.3 Å². The number of Topliss-reactive ketones (excluding diaryl/α,β-unsaturated/α-hetero) is 1. The monoisotopic (exact) mass is 627 g/mol. The van der Waals surface area contributed by atoms with Gasteiger partial charge in [-0.1, -0.05) is 52.3 Å². The summed E-state index contributed by atoms with van der Waals surface area (Å²) in [4.78, 5) is 44.2. The lowest BCUT2D eigenvalue weighted by molar-refractivity contribution is -0.167. The van der Waals surface area contributed by atoms with Crippen molar-refractivity contribution in [1.29, 1.82) is 0 Å². The summed E-state index contributed by atoms with van der Waals surface area (Å²) < 4.78 is 42.2. The number of carbonyl (C=O) groups excluding carboxylic acids is 2. The van der Waals surface area contributed by atoms with Crippen molar-refractivity contribution in [2.75, 3.05) is 26.6 Å². The van der Waals surface area contributed by atoms with Gasteiger partial charge in [-0.2, -0.15) is 0 Å². The Hall–Kier alpha value is -3.25. The highest BCUT2D eigenvalue weighted by atomic mass is 31.2. The number of imidazole rings is 1. The largest absolute Gasteiger partial charge is 0.477 e. The van der Waals surface area contributed by atoms with E-state index in [0.717, 1.165) is 0 Å². The van der Waals surface area contributed by atoms with E-state index in [1.165, 1.54) is 17.1 Å². The molecule has 0 spiro atoms. The molecule has 4 atom stereocenters. The topological polar surface area (TPSA) is 203 Å². The molecule has 0 aliphatic carbocycles. The Labute approximate surface area is 251 Å². The van der Waals surface area contributed by atoms with Crippen LogP contribution < -0.4 is 5.73 Å². The highest BCUT2D eigenvalue weighted by molar-refractivity contribution is 7.48. The molecule has 0 fully saturated rings. The fourth-order valence-corrected chi connectivity index (χ4v) is 4.59. The van der Waals surface area contributed by atoms with E-state index in [2.05, 4.69) is 27.7 Å². The standard InChI is InChI=1S/C27H42N5O10P/c1-9-22(31-36)27(10-2,42-23(14-33)32-16-30-24(20(8)28)25(32)29-11-3)15-40-43(37,39-13-12-21(34)18(4)5)41-17-38-26(35)19(6)7/h1,11,16,18-19,22-23,33H,8,10,12-15,17,28H2,2-7H3/b29-11-/t22-,23+,27+,43?/m0/s1. The van der Waals surface area contributed by atoms with Crippen LogP contribution in [0, 0.1) is 29.1 Å². The molecular weight excluding hydrogens is 585 g/mol. The van der Waals surface area contributed by atoms with Gasteiger partial charge in [-0.3, -0.25) is 23.2 Å². The number of aliphatic hydroxyl groups excluding tert-OH is 1. The van der Waals surface area contributed by atoms with Gasteiger partial charge in [-0.25, -0.2) is 19.1 Å². The van der Waals surface area contributed by atoms with Crippen LogP contribution in [0.15, 0.2) is 23.1 Å². The second kappa shape index (κ2) is 17.8. The average molecular weight is 628 g/mol. The molecule has 1 heterocycles. The summed E-state index contributed by atoms with van der Waals surface area (Å²) in [5.41, 5.74) is 4.33. The first-order valence-electron chi connectivity index (χ1n) is 13.5. The van der Waals surface area contributed by atoms with Crippen LogP contribution in [0.4, 0.5) is 5.82 Å². The molecule has 0 aliphatic heterocycles. The number of rotatable bonds is 21. The van der Waals surface area contributed by atoms with Gasteiger partial charge in [0.2, 0.25) is 6.79 Å². The van der Waals surface area contributed by atoms with Crippen molar-refractivity contribution in [3.8, 4) is 12.3 Å². The number of hydrogen-bond donors (Lipinski definition) is 2. The highest BCUT2D eigenvalue weighted by Gasteiger charge is 2.45. The number of hydrogen-bond acceptors (Lipinski definition) is 14. The number of phosphoric ester groups is 1. The normalized spacial score (nSPS) is 15.9. The smallest absolute Gasteiger partial charge is 0.438 e. The number of nitrogens with two attached hydrogens (primary N) is 1. The maximum absolute atomic E-state index is 13.6. The lowest BCUT2D eigenvalue weighted by Gasteiger charge is -2.37. The molecule has 1 unspecified atom stereocenters. The number of aromatic nitrogens is 2. The number of ketones is 1. The number of esters is 1. The third-order valence-corrected chi connectivity index (χ3v) is 7.48. The highest BCUT2D eigenvalue weighted by Crippen LogP contribution is 2.51. The van der Waals surface area contributed by atoms with Gasteiger partial charge in [-0.15, -0.1) is 11.3 Å². The fourth-order valence-electron chi connectivity index (χ4n) is 3.49. The number of ether oxygens (including phenoxy) is 2. The molecule has 1 rings (SSSR count). The summed E-state index contributed by atoms with van der Waals surface area (Å²) >= 11 is 0. The first kappa shape index (κ1) is 37.8. The Morgan fingerprint density at radius 2 is 1.95 bits per heavy atom. The molecule has 0 amide bonds. The van der Waals surface area contributed by atoms with Crippen molar-refractivity contribution in [2.24, 2.45) is 27.7 Å². The second-order valence-electron chi connectivity index (χ2n) is 9.87. The third kappa shape index (κ3) is 10.8. The van der Waals surface area contributed by atoms with Crippen molar-refractivity contribution in [3.63, 3.8) is 0 Å². The number of nitroso groups, excluding NO2 is 1. The zero-order valence-electron chi connectivity index (χ0n) is 25.4. The van der Waals surface area contributed by atoms with E-state index in [9.17, 15) is 24.2 Å². The summed E-state index contributed by atoms with van der Waals surface area (Å²) in [7, 11) is -4.57. The van der Waals surface area contributed by atoms with E-state index in [1.54, 1.807) is 41.5 Å². The Morgan fingerprint density at radius 1 is 1.28 bits per heavy atom. The first-order chi connectivity index (χ1) is 20.2. The van der Waals surface area contributed by atoms with Crippen LogP contribution in [-0.4, -0.2) is 70.9 Å².